The first-order chi connectivity index (χ1) is 5.83. The van der Waals surface area contributed by atoms with Crippen molar-refractivity contribution in [3.05, 3.63) is 28.8 Å². The Balaban J connectivity index is 2.57. The van der Waals surface area contributed by atoms with E-state index in [9.17, 15) is 0 Å². The molecule has 0 fully saturated rings. The number of ether oxygens (including phenoxy) is 1. The van der Waals surface area contributed by atoms with Gasteiger partial charge in [-0.3, -0.25) is 0 Å². The van der Waals surface area contributed by atoms with Gasteiger partial charge in [0, 0.05) is 6.42 Å². The molecule has 0 spiro atoms. The second kappa shape index (κ2) is 2.81. The molecule has 1 aliphatic rings. The molecule has 64 valence electrons. The zero-order valence-electron chi connectivity index (χ0n) is 7.68. The normalized spacial score (nSPS) is 14.2. The number of aryl methyl sites for hydroxylation is 1. The lowest BCUT2D eigenvalue weighted by atomic mass is 10.0. The summed E-state index contributed by atoms with van der Waals surface area (Å²) in [7, 11) is 0. The highest BCUT2D eigenvalue weighted by atomic mass is 16.5. The second-order valence-electron chi connectivity index (χ2n) is 3.30. The van der Waals surface area contributed by atoms with Crippen LogP contribution in [0.25, 0.3) is 0 Å². The summed E-state index contributed by atoms with van der Waals surface area (Å²) >= 11 is 0. The largest absolute Gasteiger partial charge is 0.493 e. The van der Waals surface area contributed by atoms with Crippen molar-refractivity contribution in [2.24, 2.45) is 0 Å². The second-order valence-corrected chi connectivity index (χ2v) is 3.30. The van der Waals surface area contributed by atoms with Gasteiger partial charge in [-0.15, -0.1) is 0 Å². The average molecular weight is 162 g/mol. The van der Waals surface area contributed by atoms with Crippen LogP contribution in [0.3, 0.4) is 0 Å². The summed E-state index contributed by atoms with van der Waals surface area (Å²) in [4.78, 5) is 0. The molecule has 0 saturated carbocycles. The topological polar surface area (TPSA) is 9.23 Å². The van der Waals surface area contributed by atoms with Crippen molar-refractivity contribution in [3.8, 4) is 5.75 Å². The van der Waals surface area contributed by atoms with E-state index < -0.39 is 0 Å². The summed E-state index contributed by atoms with van der Waals surface area (Å²) in [6.45, 7) is 5.21. The smallest absolute Gasteiger partial charge is 0.126 e. The third-order valence-electron chi connectivity index (χ3n) is 2.55. The van der Waals surface area contributed by atoms with E-state index in [-0.39, 0.29) is 0 Å². The number of benzene rings is 1. The van der Waals surface area contributed by atoms with Crippen molar-refractivity contribution in [2.75, 3.05) is 6.61 Å². The standard InChI is InChI=1S/C11H14O/c1-3-10-8(2)4-5-9-6-7-12-11(9)10/h4-5H,3,6-7H2,1-2H3. The van der Waals surface area contributed by atoms with Crippen LogP contribution in [0.5, 0.6) is 5.75 Å². The van der Waals surface area contributed by atoms with Crippen molar-refractivity contribution in [1.82, 2.24) is 0 Å². The highest BCUT2D eigenvalue weighted by molar-refractivity contribution is 5.48. The Morgan fingerprint density at radius 1 is 1.42 bits per heavy atom. The summed E-state index contributed by atoms with van der Waals surface area (Å²) in [6.07, 6.45) is 2.16. The summed E-state index contributed by atoms with van der Waals surface area (Å²) < 4.78 is 5.60. The van der Waals surface area contributed by atoms with E-state index in [4.69, 9.17) is 4.74 Å². The zero-order chi connectivity index (χ0) is 8.55. The molecule has 0 saturated heterocycles. The van der Waals surface area contributed by atoms with E-state index in [1.807, 2.05) is 0 Å². The van der Waals surface area contributed by atoms with Crippen molar-refractivity contribution < 1.29 is 4.74 Å². The van der Waals surface area contributed by atoms with Crippen LogP contribution in [-0.2, 0) is 12.8 Å². The fraction of sp³-hybridized carbons (Fsp3) is 0.455. The molecular formula is C11H14O. The number of hydrogen-bond acceptors (Lipinski definition) is 1. The van der Waals surface area contributed by atoms with Crippen LogP contribution in [0.4, 0.5) is 0 Å². The maximum Gasteiger partial charge on any atom is 0.126 e. The Kier molecular flexibility index (Phi) is 1.80. The van der Waals surface area contributed by atoms with E-state index in [0.717, 1.165) is 25.2 Å². The van der Waals surface area contributed by atoms with Crippen LogP contribution in [0.1, 0.15) is 23.6 Å². The third-order valence-corrected chi connectivity index (χ3v) is 2.55. The molecule has 0 bridgehead atoms. The van der Waals surface area contributed by atoms with E-state index in [0.29, 0.717) is 0 Å². The van der Waals surface area contributed by atoms with Gasteiger partial charge in [0.25, 0.3) is 0 Å². The molecule has 2 rings (SSSR count). The van der Waals surface area contributed by atoms with Gasteiger partial charge in [0.15, 0.2) is 0 Å². The molecule has 0 atom stereocenters. The Bertz CT molecular complexity index is 302. The average Bonchev–Trinajstić information content (AvgIpc) is 2.52. The molecule has 1 aliphatic heterocycles. The Labute approximate surface area is 73.4 Å². The maximum atomic E-state index is 5.60. The molecule has 0 aliphatic carbocycles. The van der Waals surface area contributed by atoms with Crippen LogP contribution < -0.4 is 4.74 Å². The summed E-state index contributed by atoms with van der Waals surface area (Å²) in [5, 5.41) is 0. The highest BCUT2D eigenvalue weighted by Gasteiger charge is 2.16. The van der Waals surface area contributed by atoms with Crippen molar-refractivity contribution in [1.29, 1.82) is 0 Å². The van der Waals surface area contributed by atoms with Gasteiger partial charge in [0.1, 0.15) is 5.75 Å². The SMILES string of the molecule is CCc1c(C)ccc2c1OCC2. The summed E-state index contributed by atoms with van der Waals surface area (Å²) in [5.74, 6) is 1.16. The molecule has 0 unspecified atom stereocenters. The van der Waals surface area contributed by atoms with Crippen LogP contribution >= 0.6 is 0 Å². The number of fused-ring (bicyclic) bond motifs is 1. The van der Waals surface area contributed by atoms with Crippen molar-refractivity contribution in [2.45, 2.75) is 26.7 Å². The van der Waals surface area contributed by atoms with Crippen LogP contribution in [0.15, 0.2) is 12.1 Å². The number of hydrogen-bond donors (Lipinski definition) is 0. The van der Waals surface area contributed by atoms with E-state index in [2.05, 4.69) is 26.0 Å². The molecular weight excluding hydrogens is 148 g/mol. The molecule has 12 heavy (non-hydrogen) atoms. The summed E-state index contributed by atoms with van der Waals surface area (Å²) in [6, 6.07) is 4.39. The minimum Gasteiger partial charge on any atom is -0.493 e. The molecule has 1 nitrogen and oxygen atoms in total. The zero-order valence-corrected chi connectivity index (χ0v) is 7.68. The fourth-order valence-electron chi connectivity index (χ4n) is 1.85. The lowest BCUT2D eigenvalue weighted by molar-refractivity contribution is 0.353. The van der Waals surface area contributed by atoms with Gasteiger partial charge in [-0.05, 0) is 30.0 Å². The van der Waals surface area contributed by atoms with Gasteiger partial charge >= 0.3 is 0 Å². The fourth-order valence-corrected chi connectivity index (χ4v) is 1.85. The first-order valence-corrected chi connectivity index (χ1v) is 4.57. The lowest BCUT2D eigenvalue weighted by Crippen LogP contribution is -1.92. The monoisotopic (exact) mass is 162 g/mol. The Morgan fingerprint density at radius 3 is 3.00 bits per heavy atom. The van der Waals surface area contributed by atoms with E-state index in [1.54, 1.807) is 0 Å². The van der Waals surface area contributed by atoms with Gasteiger partial charge in [-0.1, -0.05) is 19.1 Å². The minimum absolute atomic E-state index is 0.867. The van der Waals surface area contributed by atoms with E-state index in [1.165, 1.54) is 16.7 Å². The molecule has 1 aromatic carbocycles. The van der Waals surface area contributed by atoms with Crippen molar-refractivity contribution in [3.63, 3.8) is 0 Å². The highest BCUT2D eigenvalue weighted by Crippen LogP contribution is 2.31. The van der Waals surface area contributed by atoms with E-state index >= 15 is 0 Å². The quantitative estimate of drug-likeness (QED) is 0.616. The Morgan fingerprint density at radius 2 is 2.25 bits per heavy atom. The van der Waals surface area contributed by atoms with Crippen molar-refractivity contribution >= 4 is 0 Å². The molecule has 1 aromatic rings. The maximum absolute atomic E-state index is 5.60. The van der Waals surface area contributed by atoms with Gasteiger partial charge in [-0.2, -0.15) is 0 Å². The Hall–Kier alpha value is -0.980. The molecule has 0 N–H and O–H groups in total. The van der Waals surface area contributed by atoms with Crippen LogP contribution in [0.2, 0.25) is 0 Å². The van der Waals surface area contributed by atoms with Gasteiger partial charge < -0.3 is 4.74 Å². The lowest BCUT2D eigenvalue weighted by Gasteiger charge is -2.08. The predicted octanol–water partition coefficient (Wildman–Crippen LogP) is 2.49. The number of rotatable bonds is 1. The third kappa shape index (κ3) is 1.01. The molecule has 1 heterocycles. The molecule has 0 radical (unpaired) electrons. The summed E-state index contributed by atoms with van der Waals surface area (Å²) in [5.41, 5.74) is 4.14. The molecule has 0 amide bonds. The predicted molar refractivity (Wildman–Crippen MR) is 49.8 cm³/mol. The molecule has 1 heteroatoms. The van der Waals surface area contributed by atoms with Gasteiger partial charge in [0.2, 0.25) is 0 Å². The van der Waals surface area contributed by atoms with Gasteiger partial charge in [0.05, 0.1) is 6.61 Å². The van der Waals surface area contributed by atoms with Crippen LogP contribution in [0, 0.1) is 6.92 Å². The van der Waals surface area contributed by atoms with Gasteiger partial charge in [-0.25, -0.2) is 0 Å². The molecule has 0 aromatic heterocycles. The first-order valence-electron chi connectivity index (χ1n) is 4.57. The van der Waals surface area contributed by atoms with Crippen LogP contribution in [-0.4, -0.2) is 6.61 Å². The first kappa shape index (κ1) is 7.66. The minimum atomic E-state index is 0.867.